The van der Waals surface area contributed by atoms with Crippen LogP contribution in [0.2, 0.25) is 0 Å². The van der Waals surface area contributed by atoms with Crippen LogP contribution in [0.1, 0.15) is 46.6 Å². The van der Waals surface area contributed by atoms with Crippen molar-refractivity contribution in [2.24, 2.45) is 0 Å². The van der Waals surface area contributed by atoms with Gasteiger partial charge in [0.1, 0.15) is 6.04 Å². The van der Waals surface area contributed by atoms with Gasteiger partial charge in [0.05, 0.1) is 26.9 Å². The first kappa shape index (κ1) is 35.3. The average Bonchev–Trinajstić information content (AvgIpc) is 3.15. The number of methoxy groups -OCH3 is 2. The van der Waals surface area contributed by atoms with Gasteiger partial charge in [-0.25, -0.2) is 9.59 Å². The standard InChI is InChI=1S/C40H45N3O6/c1-47-39(45)42-35-20-12-11-14-29(35)21-23-33-27-49-34(26-41-33)24-22-28-13-9-10-19-32(28)25-36(44)38(43-40(46)48-2)37(30-15-5-3-6-16-30)31-17-7-4-8-18-31/h3-20,33-34,37-38,41H,21-27H2,1-2H3,(H,42,45)(H,43,46)/t33-,34-,38-/m1/s1. The topological polar surface area (TPSA) is 115 Å². The summed E-state index contributed by atoms with van der Waals surface area (Å²) in [5.41, 5.74) is 5.68. The number of carbonyl (C=O) groups is 3. The van der Waals surface area contributed by atoms with E-state index in [4.69, 9.17) is 14.2 Å². The molecule has 0 aliphatic carbocycles. The van der Waals surface area contributed by atoms with Crippen molar-refractivity contribution in [1.29, 1.82) is 0 Å². The van der Waals surface area contributed by atoms with Gasteiger partial charge in [0, 0.05) is 30.6 Å². The highest BCUT2D eigenvalue weighted by Gasteiger charge is 2.33. The molecule has 0 saturated carbocycles. The number of alkyl carbamates (subject to hydrolysis) is 1. The lowest BCUT2D eigenvalue weighted by atomic mass is 9.81. The van der Waals surface area contributed by atoms with Gasteiger partial charge in [-0.05, 0) is 59.6 Å². The second kappa shape index (κ2) is 18.0. The number of morpholine rings is 1. The van der Waals surface area contributed by atoms with E-state index in [1.807, 2.05) is 103 Å². The fourth-order valence-corrected chi connectivity index (χ4v) is 6.41. The van der Waals surface area contributed by atoms with Crippen LogP contribution in [0.15, 0.2) is 109 Å². The number of aryl methyl sites for hydroxylation is 2. The van der Waals surface area contributed by atoms with E-state index >= 15 is 0 Å². The Morgan fingerprint density at radius 2 is 1.31 bits per heavy atom. The average molecular weight is 664 g/mol. The zero-order chi connectivity index (χ0) is 34.4. The maximum atomic E-state index is 14.2. The van der Waals surface area contributed by atoms with Crippen LogP contribution in [0.4, 0.5) is 15.3 Å². The van der Waals surface area contributed by atoms with Crippen molar-refractivity contribution in [3.63, 3.8) is 0 Å². The minimum Gasteiger partial charge on any atom is -0.453 e. The number of para-hydroxylation sites is 1. The lowest BCUT2D eigenvalue weighted by Crippen LogP contribution is -2.46. The van der Waals surface area contributed by atoms with Crippen LogP contribution in [-0.4, -0.2) is 63.5 Å². The molecule has 1 fully saturated rings. The maximum absolute atomic E-state index is 14.2. The number of hydrogen-bond donors (Lipinski definition) is 3. The van der Waals surface area contributed by atoms with Crippen LogP contribution in [0.3, 0.4) is 0 Å². The smallest absolute Gasteiger partial charge is 0.411 e. The molecule has 49 heavy (non-hydrogen) atoms. The Morgan fingerprint density at radius 3 is 1.92 bits per heavy atom. The summed E-state index contributed by atoms with van der Waals surface area (Å²) in [6, 6.07) is 34.7. The molecule has 0 aromatic heterocycles. The van der Waals surface area contributed by atoms with Crippen molar-refractivity contribution < 1.29 is 28.6 Å². The van der Waals surface area contributed by atoms with Crippen molar-refractivity contribution in [3.8, 4) is 0 Å². The number of rotatable bonds is 14. The monoisotopic (exact) mass is 663 g/mol. The summed E-state index contributed by atoms with van der Waals surface area (Å²) in [6.45, 7) is 1.33. The summed E-state index contributed by atoms with van der Waals surface area (Å²) < 4.78 is 16.0. The third-order valence-corrected chi connectivity index (χ3v) is 9.04. The van der Waals surface area contributed by atoms with Gasteiger partial charge in [-0.15, -0.1) is 0 Å². The summed E-state index contributed by atoms with van der Waals surface area (Å²) in [5, 5.41) is 9.28. The number of benzene rings is 4. The molecule has 1 saturated heterocycles. The molecule has 0 radical (unpaired) electrons. The number of nitrogens with one attached hydrogen (secondary N) is 3. The molecule has 1 heterocycles. The second-order valence-corrected chi connectivity index (χ2v) is 12.2. The molecule has 1 aliphatic heterocycles. The van der Waals surface area contributed by atoms with Crippen LogP contribution in [0.5, 0.6) is 0 Å². The van der Waals surface area contributed by atoms with E-state index < -0.39 is 24.1 Å². The SMILES string of the molecule is COC(=O)Nc1ccccc1CC[C@@H]1CO[C@H](CCc2ccccc2CC(=O)[C@@H](NC(=O)OC)C(c2ccccc2)c2ccccc2)CN1. The van der Waals surface area contributed by atoms with Gasteiger partial charge in [-0.3, -0.25) is 10.1 Å². The maximum Gasteiger partial charge on any atom is 0.411 e. The summed E-state index contributed by atoms with van der Waals surface area (Å²) >= 11 is 0. The summed E-state index contributed by atoms with van der Waals surface area (Å²) in [5.74, 6) is -0.495. The first-order valence-corrected chi connectivity index (χ1v) is 16.8. The molecule has 5 rings (SSSR count). The lowest BCUT2D eigenvalue weighted by molar-refractivity contribution is -0.120. The molecule has 4 aromatic carbocycles. The first-order valence-electron chi connectivity index (χ1n) is 16.8. The lowest BCUT2D eigenvalue weighted by Gasteiger charge is -2.31. The van der Waals surface area contributed by atoms with Crippen molar-refractivity contribution in [1.82, 2.24) is 10.6 Å². The molecule has 0 unspecified atom stereocenters. The summed E-state index contributed by atoms with van der Waals surface area (Å²) in [6.07, 6.45) is 2.29. The van der Waals surface area contributed by atoms with Gasteiger partial charge < -0.3 is 24.8 Å². The number of Topliss-reactive ketones (excluding diaryl/α,β-unsaturated/α-hetero) is 1. The molecule has 2 amide bonds. The molecule has 3 N–H and O–H groups in total. The van der Waals surface area contributed by atoms with E-state index in [0.717, 1.165) is 65.7 Å². The van der Waals surface area contributed by atoms with Crippen molar-refractivity contribution in [2.75, 3.05) is 32.7 Å². The third kappa shape index (κ3) is 10.0. The molecule has 0 bridgehead atoms. The molecule has 0 spiro atoms. The Kier molecular flexibility index (Phi) is 12.9. The third-order valence-electron chi connectivity index (χ3n) is 9.04. The largest absolute Gasteiger partial charge is 0.453 e. The predicted molar refractivity (Wildman–Crippen MR) is 190 cm³/mol. The molecule has 3 atom stereocenters. The van der Waals surface area contributed by atoms with Crippen LogP contribution in [-0.2, 0) is 38.3 Å². The van der Waals surface area contributed by atoms with E-state index in [2.05, 4.69) is 22.0 Å². The first-order chi connectivity index (χ1) is 23.9. The number of amides is 2. The number of hydrogen-bond acceptors (Lipinski definition) is 7. The van der Waals surface area contributed by atoms with Crippen molar-refractivity contribution >= 4 is 23.7 Å². The van der Waals surface area contributed by atoms with Crippen LogP contribution < -0.4 is 16.0 Å². The van der Waals surface area contributed by atoms with Gasteiger partial charge >= 0.3 is 12.2 Å². The summed E-state index contributed by atoms with van der Waals surface area (Å²) in [7, 11) is 2.66. The zero-order valence-electron chi connectivity index (χ0n) is 28.1. The van der Waals surface area contributed by atoms with Gasteiger partial charge in [-0.2, -0.15) is 0 Å². The van der Waals surface area contributed by atoms with E-state index in [9.17, 15) is 14.4 Å². The quantitative estimate of drug-likeness (QED) is 0.142. The predicted octanol–water partition coefficient (Wildman–Crippen LogP) is 6.46. The Bertz CT molecular complexity index is 1620. The Labute approximate surface area is 288 Å². The van der Waals surface area contributed by atoms with Crippen molar-refractivity contribution in [3.05, 3.63) is 137 Å². The summed E-state index contributed by atoms with van der Waals surface area (Å²) in [4.78, 5) is 38.5. The fourth-order valence-electron chi connectivity index (χ4n) is 6.41. The highest BCUT2D eigenvalue weighted by atomic mass is 16.5. The molecule has 256 valence electrons. The van der Waals surface area contributed by atoms with Crippen molar-refractivity contribution in [2.45, 2.75) is 56.2 Å². The number of carbonyl (C=O) groups excluding carboxylic acids is 3. The minimum absolute atomic E-state index is 0.0440. The Morgan fingerprint density at radius 1 is 0.735 bits per heavy atom. The van der Waals surface area contributed by atoms with Crippen LogP contribution in [0.25, 0.3) is 0 Å². The Hall–Kier alpha value is -4.99. The number of anilines is 1. The second-order valence-electron chi connectivity index (χ2n) is 12.2. The Balaban J connectivity index is 1.20. The molecule has 1 aliphatic rings. The van der Waals surface area contributed by atoms with Crippen LogP contribution >= 0.6 is 0 Å². The minimum atomic E-state index is -0.837. The van der Waals surface area contributed by atoms with Crippen LogP contribution in [0, 0.1) is 0 Å². The van der Waals surface area contributed by atoms with Gasteiger partial charge in [0.15, 0.2) is 5.78 Å². The fraction of sp³-hybridized carbons (Fsp3) is 0.325. The zero-order valence-corrected chi connectivity index (χ0v) is 28.1. The van der Waals surface area contributed by atoms with E-state index in [0.29, 0.717) is 6.61 Å². The van der Waals surface area contributed by atoms with E-state index in [1.54, 1.807) is 0 Å². The van der Waals surface area contributed by atoms with Gasteiger partial charge in [0.25, 0.3) is 0 Å². The number of ether oxygens (including phenoxy) is 3. The highest BCUT2D eigenvalue weighted by Crippen LogP contribution is 2.30. The van der Waals surface area contributed by atoms with Gasteiger partial charge in [-0.1, -0.05) is 103 Å². The normalized spacial score (nSPS) is 16.4. The molecule has 9 nitrogen and oxygen atoms in total. The highest BCUT2D eigenvalue weighted by molar-refractivity contribution is 5.91. The molecule has 4 aromatic rings. The van der Waals surface area contributed by atoms with E-state index in [-0.39, 0.29) is 24.3 Å². The van der Waals surface area contributed by atoms with E-state index in [1.165, 1.54) is 14.2 Å². The molecular weight excluding hydrogens is 618 g/mol. The molecular formula is C40H45N3O6. The molecule has 9 heteroatoms. The number of ketones is 1. The van der Waals surface area contributed by atoms with Gasteiger partial charge in [0.2, 0.25) is 0 Å².